The molecule has 2 aromatic rings. The number of ether oxygens (including phenoxy) is 1. The molecule has 0 aliphatic rings. The molecule has 2 rings (SSSR count). The van der Waals surface area contributed by atoms with E-state index >= 15 is 0 Å². The molecule has 0 bridgehead atoms. The first-order chi connectivity index (χ1) is 9.69. The number of benzene rings is 2. The van der Waals surface area contributed by atoms with Gasteiger partial charge in [-0.1, -0.05) is 0 Å². The lowest BCUT2D eigenvalue weighted by Gasteiger charge is -2.08. The highest BCUT2D eigenvalue weighted by Crippen LogP contribution is 2.20. The number of rotatable bonds is 6. The number of carbonyl (C=O) groups is 1. The molecule has 0 spiro atoms. The molecule has 0 aliphatic carbocycles. The van der Waals surface area contributed by atoms with Crippen LogP contribution in [0.5, 0.6) is 5.75 Å². The minimum Gasteiger partial charge on any atom is -0.492 e. The summed E-state index contributed by atoms with van der Waals surface area (Å²) in [6.45, 7) is 0.994. The summed E-state index contributed by atoms with van der Waals surface area (Å²) in [5, 5.41) is 3.22. The number of hydrogen-bond donors (Lipinski definition) is 3. The number of amides is 1. The topological polar surface area (TPSA) is 90.4 Å². The van der Waals surface area contributed by atoms with Crippen molar-refractivity contribution >= 4 is 17.3 Å². The second kappa shape index (κ2) is 6.58. The predicted molar refractivity (Wildman–Crippen MR) is 79.2 cm³/mol. The highest BCUT2D eigenvalue weighted by Gasteiger charge is 2.00. The lowest BCUT2D eigenvalue weighted by Crippen LogP contribution is -2.10. The van der Waals surface area contributed by atoms with Crippen molar-refractivity contribution in [1.29, 1.82) is 0 Å². The number of anilines is 2. The molecular weight excluding hydrogens is 254 g/mol. The Balaban J connectivity index is 2.00. The highest BCUT2D eigenvalue weighted by molar-refractivity contribution is 5.93. The molecule has 0 atom stereocenters. The van der Waals surface area contributed by atoms with Gasteiger partial charge < -0.3 is 21.5 Å². The number of nitrogens with one attached hydrogen (secondary N) is 1. The Hall–Kier alpha value is -2.53. The van der Waals surface area contributed by atoms with E-state index in [2.05, 4.69) is 5.32 Å². The van der Waals surface area contributed by atoms with E-state index in [-0.39, 0.29) is 0 Å². The SMILES string of the molecule is NCCOc1ccc(Nc2ccc(C(N)=O)cc2)cc1. The molecule has 5 heteroatoms. The summed E-state index contributed by atoms with van der Waals surface area (Å²) in [6, 6.07) is 14.5. The normalized spacial score (nSPS) is 10.1. The van der Waals surface area contributed by atoms with Crippen molar-refractivity contribution in [2.24, 2.45) is 11.5 Å². The van der Waals surface area contributed by atoms with Gasteiger partial charge in [-0.25, -0.2) is 0 Å². The van der Waals surface area contributed by atoms with Crippen molar-refractivity contribution in [1.82, 2.24) is 0 Å². The lowest BCUT2D eigenvalue weighted by atomic mass is 10.2. The molecule has 0 aromatic heterocycles. The monoisotopic (exact) mass is 271 g/mol. The summed E-state index contributed by atoms with van der Waals surface area (Å²) in [7, 11) is 0. The molecule has 5 N–H and O–H groups in total. The van der Waals surface area contributed by atoms with Crippen molar-refractivity contribution in [3.8, 4) is 5.75 Å². The third kappa shape index (κ3) is 3.73. The number of hydrogen-bond acceptors (Lipinski definition) is 4. The van der Waals surface area contributed by atoms with E-state index < -0.39 is 5.91 Å². The van der Waals surface area contributed by atoms with Gasteiger partial charge in [-0.2, -0.15) is 0 Å². The third-order valence-electron chi connectivity index (χ3n) is 2.70. The van der Waals surface area contributed by atoms with Gasteiger partial charge in [-0.15, -0.1) is 0 Å². The Morgan fingerprint density at radius 1 is 1.00 bits per heavy atom. The van der Waals surface area contributed by atoms with Gasteiger partial charge in [0.05, 0.1) is 0 Å². The summed E-state index contributed by atoms with van der Waals surface area (Å²) in [4.78, 5) is 11.0. The molecule has 0 fully saturated rings. The Morgan fingerprint density at radius 3 is 2.05 bits per heavy atom. The van der Waals surface area contributed by atoms with Crippen LogP contribution in [0.25, 0.3) is 0 Å². The first-order valence-electron chi connectivity index (χ1n) is 6.29. The number of nitrogens with two attached hydrogens (primary N) is 2. The molecule has 2 aromatic carbocycles. The summed E-state index contributed by atoms with van der Waals surface area (Å²) in [5.41, 5.74) is 12.9. The number of primary amides is 1. The first-order valence-corrected chi connectivity index (χ1v) is 6.29. The fourth-order valence-corrected chi connectivity index (χ4v) is 1.70. The standard InChI is InChI=1S/C15H17N3O2/c16-9-10-20-14-7-5-13(6-8-14)18-12-3-1-11(2-4-12)15(17)19/h1-8,18H,9-10,16H2,(H2,17,19). The predicted octanol–water partition coefficient (Wildman–Crippen LogP) is 1.87. The van der Waals surface area contributed by atoms with Crippen molar-refractivity contribution in [2.75, 3.05) is 18.5 Å². The summed E-state index contributed by atoms with van der Waals surface area (Å²) in [6.07, 6.45) is 0. The molecule has 0 unspecified atom stereocenters. The summed E-state index contributed by atoms with van der Waals surface area (Å²) in [5.74, 6) is 0.350. The molecule has 0 aliphatic heterocycles. The quantitative estimate of drug-likeness (QED) is 0.748. The van der Waals surface area contributed by atoms with Crippen LogP contribution < -0.4 is 21.5 Å². The zero-order chi connectivity index (χ0) is 14.4. The van der Waals surface area contributed by atoms with Gasteiger partial charge in [0, 0.05) is 23.5 Å². The molecule has 1 amide bonds. The molecule has 0 saturated carbocycles. The Bertz CT molecular complexity index is 565. The fourth-order valence-electron chi connectivity index (χ4n) is 1.70. The summed E-state index contributed by atoms with van der Waals surface area (Å²) >= 11 is 0. The van der Waals surface area contributed by atoms with Crippen molar-refractivity contribution in [3.05, 3.63) is 54.1 Å². The van der Waals surface area contributed by atoms with Gasteiger partial charge in [0.1, 0.15) is 12.4 Å². The van der Waals surface area contributed by atoms with E-state index in [1.165, 1.54) is 0 Å². The van der Waals surface area contributed by atoms with Crippen LogP contribution in [0.1, 0.15) is 10.4 Å². The van der Waals surface area contributed by atoms with Gasteiger partial charge in [0.15, 0.2) is 0 Å². The van der Waals surface area contributed by atoms with E-state index in [0.29, 0.717) is 18.7 Å². The van der Waals surface area contributed by atoms with Gasteiger partial charge in [0.25, 0.3) is 0 Å². The van der Waals surface area contributed by atoms with Crippen LogP contribution in [0.2, 0.25) is 0 Å². The van der Waals surface area contributed by atoms with Crippen LogP contribution in [-0.4, -0.2) is 19.1 Å². The Morgan fingerprint density at radius 2 is 1.55 bits per heavy atom. The molecular formula is C15H17N3O2. The maximum Gasteiger partial charge on any atom is 0.248 e. The average molecular weight is 271 g/mol. The molecule has 0 heterocycles. The fraction of sp³-hybridized carbons (Fsp3) is 0.133. The van der Waals surface area contributed by atoms with Crippen LogP contribution in [0.15, 0.2) is 48.5 Å². The Labute approximate surface area is 117 Å². The van der Waals surface area contributed by atoms with Crippen molar-refractivity contribution in [3.63, 3.8) is 0 Å². The van der Waals surface area contributed by atoms with Gasteiger partial charge in [0.2, 0.25) is 5.91 Å². The van der Waals surface area contributed by atoms with E-state index in [0.717, 1.165) is 17.1 Å². The summed E-state index contributed by atoms with van der Waals surface area (Å²) < 4.78 is 5.40. The van der Waals surface area contributed by atoms with E-state index in [4.69, 9.17) is 16.2 Å². The minimum absolute atomic E-state index is 0.432. The van der Waals surface area contributed by atoms with Gasteiger partial charge in [-0.3, -0.25) is 4.79 Å². The highest BCUT2D eigenvalue weighted by atomic mass is 16.5. The van der Waals surface area contributed by atoms with Crippen molar-refractivity contribution in [2.45, 2.75) is 0 Å². The Kier molecular flexibility index (Phi) is 4.57. The van der Waals surface area contributed by atoms with Crippen LogP contribution in [0, 0.1) is 0 Å². The van der Waals surface area contributed by atoms with Crippen LogP contribution in [-0.2, 0) is 0 Å². The lowest BCUT2D eigenvalue weighted by molar-refractivity contribution is 0.100. The third-order valence-corrected chi connectivity index (χ3v) is 2.70. The number of carbonyl (C=O) groups excluding carboxylic acids is 1. The van der Waals surface area contributed by atoms with Gasteiger partial charge in [-0.05, 0) is 48.5 Å². The van der Waals surface area contributed by atoms with E-state index in [1.807, 2.05) is 24.3 Å². The molecule has 0 radical (unpaired) electrons. The average Bonchev–Trinajstić information content (AvgIpc) is 2.47. The smallest absolute Gasteiger partial charge is 0.248 e. The molecule has 5 nitrogen and oxygen atoms in total. The van der Waals surface area contributed by atoms with Crippen molar-refractivity contribution < 1.29 is 9.53 Å². The van der Waals surface area contributed by atoms with Crippen LogP contribution in [0.3, 0.4) is 0 Å². The van der Waals surface area contributed by atoms with E-state index in [1.54, 1.807) is 24.3 Å². The molecule has 104 valence electrons. The molecule has 20 heavy (non-hydrogen) atoms. The molecule has 0 saturated heterocycles. The second-order valence-corrected chi connectivity index (χ2v) is 4.23. The maximum absolute atomic E-state index is 11.0. The maximum atomic E-state index is 11.0. The zero-order valence-corrected chi connectivity index (χ0v) is 11.0. The largest absolute Gasteiger partial charge is 0.492 e. The van der Waals surface area contributed by atoms with Crippen LogP contribution >= 0.6 is 0 Å². The second-order valence-electron chi connectivity index (χ2n) is 4.23. The minimum atomic E-state index is -0.432. The zero-order valence-electron chi connectivity index (χ0n) is 11.0. The first kappa shape index (κ1) is 13.9. The van der Waals surface area contributed by atoms with Gasteiger partial charge >= 0.3 is 0 Å². The van der Waals surface area contributed by atoms with E-state index in [9.17, 15) is 4.79 Å². The van der Waals surface area contributed by atoms with Crippen LogP contribution in [0.4, 0.5) is 11.4 Å².